The summed E-state index contributed by atoms with van der Waals surface area (Å²) < 4.78 is 39.4. The third kappa shape index (κ3) is 4.31. The van der Waals surface area contributed by atoms with Crippen LogP contribution in [-0.4, -0.2) is 32.2 Å². The number of amides is 1. The normalized spacial score (nSPS) is 11.5. The number of likely N-dealkylation sites (N-methyl/N-ethyl adjacent to an activating group) is 1. The average Bonchev–Trinajstić information content (AvgIpc) is 2.50. The highest BCUT2D eigenvalue weighted by molar-refractivity contribution is 7.89. The number of hydrogen-bond acceptors (Lipinski definition) is 3. The highest BCUT2D eigenvalue weighted by Crippen LogP contribution is 2.18. The summed E-state index contributed by atoms with van der Waals surface area (Å²) in [5, 5.41) is 2.77. The van der Waals surface area contributed by atoms with Gasteiger partial charge in [-0.2, -0.15) is 4.31 Å². The number of sulfonamides is 1. The van der Waals surface area contributed by atoms with E-state index in [2.05, 4.69) is 5.32 Å². The number of carbonyl (C=O) groups is 1. The second-order valence-corrected chi connectivity index (χ2v) is 7.73. The highest BCUT2D eigenvalue weighted by atomic mass is 35.5. The zero-order valence-electron chi connectivity index (χ0n) is 13.1. The Morgan fingerprint density at radius 1 is 1.21 bits per heavy atom. The van der Waals surface area contributed by atoms with Crippen LogP contribution in [0.3, 0.4) is 0 Å². The number of aryl methyl sites for hydroxylation is 1. The van der Waals surface area contributed by atoms with Crippen LogP contribution in [0.1, 0.15) is 5.56 Å². The second kappa shape index (κ2) is 7.29. The summed E-state index contributed by atoms with van der Waals surface area (Å²) in [7, 11) is -2.57. The monoisotopic (exact) mass is 370 g/mol. The summed E-state index contributed by atoms with van der Waals surface area (Å²) in [6, 6.07) is 9.96. The Morgan fingerprint density at radius 2 is 1.83 bits per heavy atom. The predicted octanol–water partition coefficient (Wildman–Crippen LogP) is 3.05. The standard InChI is InChI=1S/C16H16ClFN2O3S/c1-11-3-8-15(14(18)9-11)19-16(21)10-20(2)24(22,23)13-6-4-12(17)5-7-13/h3-9H,10H2,1-2H3,(H,19,21). The van der Waals surface area contributed by atoms with Crippen molar-refractivity contribution in [1.82, 2.24) is 4.31 Å². The fraction of sp³-hybridized carbons (Fsp3) is 0.188. The van der Waals surface area contributed by atoms with Gasteiger partial charge >= 0.3 is 0 Å². The van der Waals surface area contributed by atoms with Crippen LogP contribution in [0.15, 0.2) is 47.4 Å². The molecule has 0 atom stereocenters. The molecule has 8 heteroatoms. The van der Waals surface area contributed by atoms with Crippen LogP contribution >= 0.6 is 11.6 Å². The van der Waals surface area contributed by atoms with Crippen molar-refractivity contribution in [3.63, 3.8) is 0 Å². The maximum Gasteiger partial charge on any atom is 0.243 e. The van der Waals surface area contributed by atoms with E-state index < -0.39 is 28.3 Å². The first-order chi connectivity index (χ1) is 11.2. The van der Waals surface area contributed by atoms with Crippen molar-refractivity contribution in [1.29, 1.82) is 0 Å². The van der Waals surface area contributed by atoms with Crippen molar-refractivity contribution >= 4 is 33.2 Å². The molecule has 0 aromatic heterocycles. The number of halogens is 2. The summed E-state index contributed by atoms with van der Waals surface area (Å²) in [5.74, 6) is -1.22. The van der Waals surface area contributed by atoms with Crippen LogP contribution in [0.2, 0.25) is 5.02 Å². The lowest BCUT2D eigenvalue weighted by molar-refractivity contribution is -0.116. The van der Waals surface area contributed by atoms with E-state index >= 15 is 0 Å². The minimum Gasteiger partial charge on any atom is -0.322 e. The summed E-state index contributed by atoms with van der Waals surface area (Å²) in [4.78, 5) is 12.0. The van der Waals surface area contributed by atoms with E-state index in [1.807, 2.05) is 0 Å². The Balaban J connectivity index is 2.09. The van der Waals surface area contributed by atoms with Crippen LogP contribution in [0, 0.1) is 12.7 Å². The topological polar surface area (TPSA) is 66.5 Å². The molecule has 24 heavy (non-hydrogen) atoms. The van der Waals surface area contributed by atoms with Gasteiger partial charge in [-0.05, 0) is 48.9 Å². The molecular weight excluding hydrogens is 355 g/mol. The summed E-state index contributed by atoms with van der Waals surface area (Å²) in [6.07, 6.45) is 0. The molecule has 2 rings (SSSR count). The van der Waals surface area contributed by atoms with Crippen molar-refractivity contribution in [2.75, 3.05) is 18.9 Å². The van der Waals surface area contributed by atoms with Gasteiger partial charge in [-0.3, -0.25) is 4.79 Å². The number of nitrogens with one attached hydrogen (secondary N) is 1. The molecule has 1 N–H and O–H groups in total. The number of rotatable bonds is 5. The van der Waals surface area contributed by atoms with Crippen LogP contribution < -0.4 is 5.32 Å². The molecule has 0 radical (unpaired) electrons. The molecule has 0 aliphatic carbocycles. The van der Waals surface area contributed by atoms with Gasteiger partial charge in [0.25, 0.3) is 0 Å². The summed E-state index contributed by atoms with van der Waals surface area (Å²) in [6.45, 7) is 1.28. The van der Waals surface area contributed by atoms with E-state index in [1.165, 1.54) is 43.4 Å². The van der Waals surface area contributed by atoms with E-state index in [4.69, 9.17) is 11.6 Å². The maximum atomic E-state index is 13.7. The molecule has 2 aromatic rings. The molecule has 0 fully saturated rings. The number of carbonyl (C=O) groups excluding carboxylic acids is 1. The van der Waals surface area contributed by atoms with Crippen molar-refractivity contribution in [3.8, 4) is 0 Å². The van der Waals surface area contributed by atoms with Crippen LogP contribution in [0.4, 0.5) is 10.1 Å². The quantitative estimate of drug-likeness (QED) is 0.879. The van der Waals surface area contributed by atoms with Crippen molar-refractivity contribution in [2.45, 2.75) is 11.8 Å². The first-order valence-electron chi connectivity index (χ1n) is 6.98. The number of anilines is 1. The van der Waals surface area contributed by atoms with Gasteiger partial charge in [0.2, 0.25) is 15.9 Å². The van der Waals surface area contributed by atoms with E-state index in [1.54, 1.807) is 13.0 Å². The van der Waals surface area contributed by atoms with Crippen molar-refractivity contribution in [2.24, 2.45) is 0 Å². The van der Waals surface area contributed by atoms with Crippen LogP contribution in [0.5, 0.6) is 0 Å². The Kier molecular flexibility index (Phi) is 5.58. The number of nitrogens with zero attached hydrogens (tertiary/aromatic N) is 1. The molecular formula is C16H16ClFN2O3S. The molecule has 0 aliphatic rings. The molecule has 0 aliphatic heterocycles. The first-order valence-corrected chi connectivity index (χ1v) is 8.80. The lowest BCUT2D eigenvalue weighted by atomic mass is 10.2. The molecule has 0 unspecified atom stereocenters. The predicted molar refractivity (Wildman–Crippen MR) is 91.0 cm³/mol. The van der Waals surface area contributed by atoms with Gasteiger partial charge in [-0.1, -0.05) is 17.7 Å². The van der Waals surface area contributed by atoms with Gasteiger partial charge in [0, 0.05) is 12.1 Å². The summed E-state index contributed by atoms with van der Waals surface area (Å²) >= 11 is 5.73. The fourth-order valence-corrected chi connectivity index (χ4v) is 3.24. The SMILES string of the molecule is Cc1ccc(NC(=O)CN(C)S(=O)(=O)c2ccc(Cl)cc2)c(F)c1. The zero-order chi connectivity index (χ0) is 17.9. The molecule has 128 valence electrons. The fourth-order valence-electron chi connectivity index (χ4n) is 1.98. The maximum absolute atomic E-state index is 13.7. The van der Waals surface area contributed by atoms with Crippen LogP contribution in [0.25, 0.3) is 0 Å². The lowest BCUT2D eigenvalue weighted by Crippen LogP contribution is -2.35. The Hall–Kier alpha value is -1.96. The van der Waals surface area contributed by atoms with Gasteiger partial charge in [-0.25, -0.2) is 12.8 Å². The van der Waals surface area contributed by atoms with Gasteiger partial charge in [-0.15, -0.1) is 0 Å². The van der Waals surface area contributed by atoms with Gasteiger partial charge < -0.3 is 5.32 Å². The molecule has 0 heterocycles. The number of benzene rings is 2. The molecule has 0 saturated carbocycles. The summed E-state index contributed by atoms with van der Waals surface area (Å²) in [5.41, 5.74) is 0.718. The average molecular weight is 371 g/mol. The van der Waals surface area contributed by atoms with E-state index in [9.17, 15) is 17.6 Å². The van der Waals surface area contributed by atoms with Crippen molar-refractivity contribution in [3.05, 3.63) is 58.9 Å². The Morgan fingerprint density at radius 3 is 2.42 bits per heavy atom. The second-order valence-electron chi connectivity index (χ2n) is 5.25. The molecule has 0 saturated heterocycles. The lowest BCUT2D eigenvalue weighted by Gasteiger charge is -2.17. The minimum atomic E-state index is -3.84. The van der Waals surface area contributed by atoms with Crippen LogP contribution in [-0.2, 0) is 14.8 Å². The van der Waals surface area contributed by atoms with Gasteiger partial charge in [0.15, 0.2) is 0 Å². The van der Waals surface area contributed by atoms with Gasteiger partial charge in [0.05, 0.1) is 17.1 Å². The van der Waals surface area contributed by atoms with Gasteiger partial charge in [0.1, 0.15) is 5.82 Å². The Labute approximate surface area is 145 Å². The van der Waals surface area contributed by atoms with E-state index in [0.717, 1.165) is 4.31 Å². The molecule has 1 amide bonds. The van der Waals surface area contributed by atoms with E-state index in [0.29, 0.717) is 10.6 Å². The third-order valence-electron chi connectivity index (χ3n) is 3.29. The number of hydrogen-bond donors (Lipinski definition) is 1. The highest BCUT2D eigenvalue weighted by Gasteiger charge is 2.23. The first kappa shape index (κ1) is 18.4. The molecule has 0 bridgehead atoms. The largest absolute Gasteiger partial charge is 0.322 e. The molecule has 0 spiro atoms. The smallest absolute Gasteiger partial charge is 0.243 e. The third-order valence-corrected chi connectivity index (χ3v) is 5.36. The van der Waals surface area contributed by atoms with E-state index in [-0.39, 0.29) is 10.6 Å². The minimum absolute atomic E-state index is 0.00268. The molecule has 5 nitrogen and oxygen atoms in total. The Bertz CT molecular complexity index is 854. The van der Waals surface area contributed by atoms with Crippen molar-refractivity contribution < 1.29 is 17.6 Å². The molecule has 2 aromatic carbocycles. The zero-order valence-corrected chi connectivity index (χ0v) is 14.7.